The highest BCUT2D eigenvalue weighted by Crippen LogP contribution is 2.28. The van der Waals surface area contributed by atoms with Crippen molar-refractivity contribution in [2.75, 3.05) is 31.2 Å². The third-order valence-electron chi connectivity index (χ3n) is 4.50. The summed E-state index contributed by atoms with van der Waals surface area (Å²) in [7, 11) is 0. The molecule has 0 bridgehead atoms. The highest BCUT2D eigenvalue weighted by atomic mass is 16.5. The molecule has 0 saturated carbocycles. The largest absolute Gasteiger partial charge is 0.476 e. The highest BCUT2D eigenvalue weighted by molar-refractivity contribution is 5.93. The summed E-state index contributed by atoms with van der Waals surface area (Å²) in [6.07, 6.45) is 1.57. The van der Waals surface area contributed by atoms with Crippen molar-refractivity contribution < 1.29 is 14.6 Å². The van der Waals surface area contributed by atoms with E-state index in [2.05, 4.69) is 22.0 Å². The normalized spacial score (nSPS) is 14.4. The predicted molar refractivity (Wildman–Crippen MR) is 99.0 cm³/mol. The second-order valence-electron chi connectivity index (χ2n) is 6.10. The Kier molecular flexibility index (Phi) is 4.41. The highest BCUT2D eigenvalue weighted by Gasteiger charge is 2.20. The summed E-state index contributed by atoms with van der Waals surface area (Å²) in [6, 6.07) is 17.5. The number of ether oxygens (including phenoxy) is 1. The Hall–Kier alpha value is -3.12. The zero-order valence-corrected chi connectivity index (χ0v) is 14.2. The number of carboxylic acid groups (broad SMARTS) is 1. The van der Waals surface area contributed by atoms with Crippen molar-refractivity contribution >= 4 is 11.7 Å². The number of hydrogen-bond acceptors (Lipinski definition) is 4. The van der Waals surface area contributed by atoms with Crippen molar-refractivity contribution in [1.82, 2.24) is 9.55 Å². The second-order valence-corrected chi connectivity index (χ2v) is 6.10. The van der Waals surface area contributed by atoms with Gasteiger partial charge in [-0.05, 0) is 18.2 Å². The third kappa shape index (κ3) is 3.07. The van der Waals surface area contributed by atoms with E-state index < -0.39 is 5.97 Å². The molecule has 0 spiro atoms. The summed E-state index contributed by atoms with van der Waals surface area (Å²) in [5.74, 6) is -1.04. The number of morpholine rings is 1. The van der Waals surface area contributed by atoms with Crippen LogP contribution < -0.4 is 4.90 Å². The quantitative estimate of drug-likeness (QED) is 0.784. The molecule has 0 radical (unpaired) electrons. The molecule has 1 aliphatic heterocycles. The molecule has 132 valence electrons. The van der Waals surface area contributed by atoms with Crippen LogP contribution in [0, 0.1) is 0 Å². The third-order valence-corrected chi connectivity index (χ3v) is 4.50. The maximum Gasteiger partial charge on any atom is 0.356 e. The molecular formula is C20H19N3O3. The van der Waals surface area contributed by atoms with Crippen LogP contribution in [0.1, 0.15) is 10.5 Å². The second kappa shape index (κ2) is 7.01. The number of benzene rings is 2. The molecule has 0 aliphatic carbocycles. The van der Waals surface area contributed by atoms with Gasteiger partial charge in [0, 0.05) is 30.0 Å². The lowest BCUT2D eigenvalue weighted by Crippen LogP contribution is -2.36. The molecule has 0 atom stereocenters. The first-order chi connectivity index (χ1) is 12.7. The number of aromatic carboxylic acids is 1. The Morgan fingerprint density at radius 1 is 1.00 bits per heavy atom. The minimum Gasteiger partial charge on any atom is -0.476 e. The van der Waals surface area contributed by atoms with E-state index in [4.69, 9.17) is 4.74 Å². The number of rotatable bonds is 4. The average molecular weight is 349 g/mol. The molecule has 3 aromatic rings. The summed E-state index contributed by atoms with van der Waals surface area (Å²) < 4.78 is 7.26. The first-order valence-electron chi connectivity index (χ1n) is 8.53. The molecule has 0 unspecified atom stereocenters. The van der Waals surface area contributed by atoms with Crippen LogP contribution >= 0.6 is 0 Å². The molecule has 1 aliphatic rings. The van der Waals surface area contributed by atoms with Crippen LogP contribution in [-0.2, 0) is 4.74 Å². The molecule has 0 amide bonds. The lowest BCUT2D eigenvalue weighted by molar-refractivity contribution is 0.0692. The van der Waals surface area contributed by atoms with Gasteiger partial charge in [-0.3, -0.25) is 4.57 Å². The minimum atomic E-state index is -1.04. The molecule has 4 rings (SSSR count). The van der Waals surface area contributed by atoms with E-state index in [9.17, 15) is 9.90 Å². The molecular weight excluding hydrogens is 330 g/mol. The van der Waals surface area contributed by atoms with Gasteiger partial charge >= 0.3 is 5.97 Å². The van der Waals surface area contributed by atoms with Crippen LogP contribution in [0.5, 0.6) is 0 Å². The average Bonchev–Trinajstić information content (AvgIpc) is 3.15. The summed E-state index contributed by atoms with van der Waals surface area (Å²) in [5, 5.41) is 9.55. The maximum absolute atomic E-state index is 11.7. The fraction of sp³-hybridized carbons (Fsp3) is 0.200. The SMILES string of the molecule is O=C(O)c1ncn(-c2cccc(N3CCOCC3)c2)c1-c1ccccc1. The van der Waals surface area contributed by atoms with Crippen LogP contribution in [0.25, 0.3) is 16.9 Å². The van der Waals surface area contributed by atoms with Crippen molar-refractivity contribution in [3.05, 3.63) is 66.6 Å². The maximum atomic E-state index is 11.7. The van der Waals surface area contributed by atoms with Crippen LogP contribution in [-0.4, -0.2) is 46.9 Å². The van der Waals surface area contributed by atoms with Gasteiger partial charge in [0.25, 0.3) is 0 Å². The number of hydrogen-bond donors (Lipinski definition) is 1. The van der Waals surface area contributed by atoms with Crippen LogP contribution in [0.15, 0.2) is 60.9 Å². The zero-order valence-electron chi connectivity index (χ0n) is 14.2. The van der Waals surface area contributed by atoms with Gasteiger partial charge in [0.05, 0.1) is 18.9 Å². The van der Waals surface area contributed by atoms with Gasteiger partial charge in [0.15, 0.2) is 5.69 Å². The fourth-order valence-electron chi connectivity index (χ4n) is 3.23. The van der Waals surface area contributed by atoms with Crippen molar-refractivity contribution in [2.24, 2.45) is 0 Å². The first-order valence-corrected chi connectivity index (χ1v) is 8.53. The van der Waals surface area contributed by atoms with Crippen molar-refractivity contribution in [3.8, 4) is 16.9 Å². The monoisotopic (exact) mass is 349 g/mol. The Morgan fingerprint density at radius 2 is 1.73 bits per heavy atom. The lowest BCUT2D eigenvalue weighted by Gasteiger charge is -2.29. The number of imidazole rings is 1. The molecule has 1 fully saturated rings. The van der Waals surface area contributed by atoms with Gasteiger partial charge in [-0.2, -0.15) is 0 Å². The molecule has 6 nitrogen and oxygen atoms in total. The lowest BCUT2D eigenvalue weighted by atomic mass is 10.1. The number of anilines is 1. The molecule has 1 aromatic heterocycles. The number of carboxylic acids is 1. The van der Waals surface area contributed by atoms with Crippen LogP contribution in [0.3, 0.4) is 0 Å². The Morgan fingerprint density at radius 3 is 2.46 bits per heavy atom. The van der Waals surface area contributed by atoms with E-state index in [1.807, 2.05) is 47.0 Å². The zero-order chi connectivity index (χ0) is 17.9. The topological polar surface area (TPSA) is 67.6 Å². The summed E-state index contributed by atoms with van der Waals surface area (Å²) >= 11 is 0. The van der Waals surface area contributed by atoms with Crippen LogP contribution in [0.2, 0.25) is 0 Å². The first kappa shape index (κ1) is 16.4. The van der Waals surface area contributed by atoms with Crippen LogP contribution in [0.4, 0.5) is 5.69 Å². The van der Waals surface area contributed by atoms with Gasteiger partial charge in [0.2, 0.25) is 0 Å². The van der Waals surface area contributed by atoms with Gasteiger partial charge in [0.1, 0.15) is 6.33 Å². The predicted octanol–water partition coefficient (Wildman–Crippen LogP) is 3.07. The summed E-state index contributed by atoms with van der Waals surface area (Å²) in [6.45, 7) is 3.13. The van der Waals surface area contributed by atoms with Gasteiger partial charge in [-0.1, -0.05) is 36.4 Å². The summed E-state index contributed by atoms with van der Waals surface area (Å²) in [5.41, 5.74) is 3.42. The van der Waals surface area contributed by atoms with Gasteiger partial charge in [-0.25, -0.2) is 9.78 Å². The van der Waals surface area contributed by atoms with E-state index in [0.717, 1.165) is 30.0 Å². The Bertz CT molecular complexity index is 915. The summed E-state index contributed by atoms with van der Waals surface area (Å²) in [4.78, 5) is 18.1. The molecule has 1 N–H and O–H groups in total. The fourth-order valence-corrected chi connectivity index (χ4v) is 3.23. The molecule has 6 heteroatoms. The molecule has 26 heavy (non-hydrogen) atoms. The van der Waals surface area contributed by atoms with Gasteiger partial charge in [-0.15, -0.1) is 0 Å². The standard InChI is InChI=1S/C20H19N3O3/c24-20(25)18-19(15-5-2-1-3-6-15)23(14-21-18)17-8-4-7-16(13-17)22-9-11-26-12-10-22/h1-8,13-14H,9-12H2,(H,24,25). The Labute approximate surface area is 151 Å². The van der Waals surface area contributed by atoms with Crippen molar-refractivity contribution in [1.29, 1.82) is 0 Å². The van der Waals surface area contributed by atoms with E-state index in [1.54, 1.807) is 6.33 Å². The molecule has 2 heterocycles. The van der Waals surface area contributed by atoms with E-state index >= 15 is 0 Å². The van der Waals surface area contributed by atoms with Crippen molar-refractivity contribution in [2.45, 2.75) is 0 Å². The number of nitrogens with zero attached hydrogens (tertiary/aromatic N) is 3. The van der Waals surface area contributed by atoms with Crippen molar-refractivity contribution in [3.63, 3.8) is 0 Å². The Balaban J connectivity index is 1.80. The number of aromatic nitrogens is 2. The number of carbonyl (C=O) groups is 1. The molecule has 1 saturated heterocycles. The van der Waals surface area contributed by atoms with E-state index in [0.29, 0.717) is 18.9 Å². The van der Waals surface area contributed by atoms with E-state index in [1.165, 1.54) is 0 Å². The minimum absolute atomic E-state index is 0.0491. The smallest absolute Gasteiger partial charge is 0.356 e. The van der Waals surface area contributed by atoms with E-state index in [-0.39, 0.29) is 5.69 Å². The molecule has 2 aromatic carbocycles. The van der Waals surface area contributed by atoms with Gasteiger partial charge < -0.3 is 14.7 Å².